The topological polar surface area (TPSA) is 120 Å². The van der Waals surface area contributed by atoms with Crippen LogP contribution in [0.3, 0.4) is 0 Å². The summed E-state index contributed by atoms with van der Waals surface area (Å²) in [6.45, 7) is 9.30. The van der Waals surface area contributed by atoms with Crippen LogP contribution in [0, 0.1) is 38.0 Å². The second kappa shape index (κ2) is 18.9. The number of halogens is 1. The Morgan fingerprint density at radius 1 is 0.745 bits per heavy atom. The van der Waals surface area contributed by atoms with Gasteiger partial charge < -0.3 is 19.7 Å². The molecule has 0 bridgehead atoms. The second-order valence-corrected chi connectivity index (χ2v) is 16.2. The fraction of sp³-hybridized carbons (Fsp3) is 0.333. The van der Waals surface area contributed by atoms with Gasteiger partial charge in [-0.05, 0) is 78.7 Å². The van der Waals surface area contributed by atoms with Crippen LogP contribution in [0.4, 0.5) is 0 Å². The van der Waals surface area contributed by atoms with E-state index < -0.39 is 0 Å². The number of ether oxygens (including phenoxy) is 2. The van der Waals surface area contributed by atoms with Gasteiger partial charge in [0.2, 0.25) is 0 Å². The molecule has 0 saturated carbocycles. The van der Waals surface area contributed by atoms with Crippen molar-refractivity contribution < 1.29 is 19.7 Å². The maximum Gasteiger partial charge on any atom is 0.167 e. The zero-order valence-corrected chi connectivity index (χ0v) is 34.5. The molecule has 0 radical (unpaired) electrons. The summed E-state index contributed by atoms with van der Waals surface area (Å²) in [5.74, 6) is 12.1. The Bertz CT molecular complexity index is 2310. The van der Waals surface area contributed by atoms with Crippen LogP contribution in [0.15, 0.2) is 64.5 Å². The molecule has 0 saturated heterocycles. The predicted octanol–water partition coefficient (Wildman–Crippen LogP) is 8.14. The van der Waals surface area contributed by atoms with Crippen LogP contribution >= 0.6 is 38.6 Å². The molecule has 4 aromatic heterocycles. The van der Waals surface area contributed by atoms with Crippen molar-refractivity contribution in [2.45, 2.75) is 78.8 Å². The van der Waals surface area contributed by atoms with E-state index >= 15 is 0 Å². The molecule has 2 atom stereocenters. The highest BCUT2D eigenvalue weighted by atomic mass is 79.9. The molecule has 13 heteroatoms. The highest BCUT2D eigenvalue weighted by Crippen LogP contribution is 2.42. The van der Waals surface area contributed by atoms with Crippen LogP contribution < -0.4 is 0 Å². The lowest BCUT2D eigenvalue weighted by Gasteiger charge is -2.09. The zero-order valence-electron chi connectivity index (χ0n) is 31.3. The molecule has 0 fully saturated rings. The largest absolute Gasteiger partial charge is 0.395 e. The lowest BCUT2D eigenvalue weighted by molar-refractivity contribution is 0.0492. The summed E-state index contributed by atoms with van der Waals surface area (Å²) in [5.41, 5.74) is 7.42. The first-order valence-corrected chi connectivity index (χ1v) is 20.4. The van der Waals surface area contributed by atoms with E-state index in [4.69, 9.17) is 26.1 Å². The molecular formula is C42H43BrN6O4S2. The standard InChI is InChI=1S/C21H21N3O2S.C17H16BrN3OS.C4H6O/c1-14-20-23-22-15(2)24(20)21-18(13-26-14)17(12-16-8-4-3-5-9-16)19(27-21)10-6-7-11-25;1-10-16-20-19-11(2)21(16)17-14(9-22-10)13(15(18)23-17)8-12-6-4-3-5-7-12;1-2-3-4-5/h3-5,8-9,14,25H,7,11-13H2,1-2H3;3-7,10H,8-9H2,1-2H3;1,5H,3-4H2/t14-;10-;/m00./s1. The third kappa shape index (κ3) is 9.17. The maximum atomic E-state index is 9.08. The van der Waals surface area contributed by atoms with Gasteiger partial charge in [-0.2, -0.15) is 0 Å². The number of hydrogen-bond donors (Lipinski definition) is 2. The van der Waals surface area contributed by atoms with Gasteiger partial charge in [0.25, 0.3) is 0 Å². The summed E-state index contributed by atoms with van der Waals surface area (Å²) in [7, 11) is 0. The Balaban J connectivity index is 0.000000168. The van der Waals surface area contributed by atoms with E-state index in [0.717, 1.165) is 55.4 Å². The number of thiophene rings is 2. The van der Waals surface area contributed by atoms with Crippen molar-refractivity contribution in [2.75, 3.05) is 13.2 Å². The molecule has 0 spiro atoms. The van der Waals surface area contributed by atoms with E-state index in [0.29, 0.717) is 26.1 Å². The van der Waals surface area contributed by atoms with Crippen LogP contribution in [0.1, 0.15) is 100 Å². The van der Waals surface area contributed by atoms with Gasteiger partial charge in [0, 0.05) is 24.0 Å². The third-order valence-electron chi connectivity index (χ3n) is 9.07. The third-order valence-corrected chi connectivity index (χ3v) is 12.3. The minimum atomic E-state index is -0.112. The predicted molar refractivity (Wildman–Crippen MR) is 220 cm³/mol. The first-order valence-electron chi connectivity index (χ1n) is 18.0. The van der Waals surface area contributed by atoms with E-state index in [1.807, 2.05) is 39.8 Å². The lowest BCUT2D eigenvalue weighted by atomic mass is 10.0. The molecule has 10 nitrogen and oxygen atoms in total. The molecule has 0 aliphatic carbocycles. The zero-order chi connectivity index (χ0) is 38.9. The average Bonchev–Trinajstić information content (AvgIpc) is 3.90. The van der Waals surface area contributed by atoms with E-state index in [9.17, 15) is 0 Å². The van der Waals surface area contributed by atoms with Crippen LogP contribution in [-0.2, 0) is 35.5 Å². The van der Waals surface area contributed by atoms with E-state index in [1.54, 1.807) is 22.7 Å². The number of aromatic nitrogens is 6. The molecule has 6 aromatic rings. The van der Waals surface area contributed by atoms with Crippen molar-refractivity contribution >= 4 is 38.6 Å². The van der Waals surface area contributed by atoms with Gasteiger partial charge in [0.05, 0.1) is 35.1 Å². The summed E-state index contributed by atoms with van der Waals surface area (Å²) in [6, 6.07) is 20.9. The Hall–Kier alpha value is -4.44. The fourth-order valence-electron chi connectivity index (χ4n) is 6.28. The number of terminal acetylenes is 1. The number of rotatable bonds is 6. The molecule has 2 aromatic carbocycles. The van der Waals surface area contributed by atoms with Crippen molar-refractivity contribution in [2.24, 2.45) is 0 Å². The molecule has 55 heavy (non-hydrogen) atoms. The summed E-state index contributed by atoms with van der Waals surface area (Å²) < 4.78 is 17.5. The smallest absolute Gasteiger partial charge is 0.167 e. The minimum absolute atomic E-state index is 0.0563. The number of fused-ring (bicyclic) bond motifs is 6. The number of aliphatic hydroxyl groups is 2. The van der Waals surface area contributed by atoms with Crippen molar-refractivity contribution in [1.82, 2.24) is 29.5 Å². The number of hydrogen-bond acceptors (Lipinski definition) is 10. The van der Waals surface area contributed by atoms with Gasteiger partial charge in [0.15, 0.2) is 11.6 Å². The summed E-state index contributed by atoms with van der Waals surface area (Å²) in [5, 5.41) is 36.4. The van der Waals surface area contributed by atoms with E-state index in [1.165, 1.54) is 32.8 Å². The molecule has 284 valence electrons. The molecule has 8 rings (SSSR count). The average molecular weight is 840 g/mol. The Kier molecular flexibility index (Phi) is 13.9. The minimum Gasteiger partial charge on any atom is -0.395 e. The molecule has 2 aliphatic heterocycles. The van der Waals surface area contributed by atoms with E-state index in [-0.39, 0.29) is 25.4 Å². The first kappa shape index (κ1) is 40.2. The van der Waals surface area contributed by atoms with Crippen LogP contribution in [-0.4, -0.2) is 53.0 Å². The SMILES string of the molecule is C#CCCO.Cc1nnc2n1-c1sc(Br)c(Cc3ccccc3)c1CO[C@H]2C.Cc1nnc2n1-c1sc(C#CCCO)c(Cc3ccccc3)c1CO[C@H]2C. The highest BCUT2D eigenvalue weighted by Gasteiger charge is 2.30. The van der Waals surface area contributed by atoms with Crippen molar-refractivity contribution in [3.63, 3.8) is 0 Å². The first-order chi connectivity index (χ1) is 26.7. The number of benzene rings is 2. The van der Waals surface area contributed by atoms with Gasteiger partial charge in [-0.25, -0.2) is 0 Å². The quantitative estimate of drug-likeness (QED) is 0.162. The molecule has 0 unspecified atom stereocenters. The summed E-state index contributed by atoms with van der Waals surface area (Å²) in [4.78, 5) is 1.02. The number of nitrogens with zero attached hydrogens (tertiary/aromatic N) is 6. The summed E-state index contributed by atoms with van der Waals surface area (Å²) >= 11 is 7.14. The molecular weight excluding hydrogens is 797 g/mol. The maximum absolute atomic E-state index is 9.08. The fourth-order valence-corrected chi connectivity index (χ4v) is 9.49. The molecule has 6 heterocycles. The van der Waals surface area contributed by atoms with Crippen molar-refractivity contribution in [1.29, 1.82) is 0 Å². The van der Waals surface area contributed by atoms with Gasteiger partial charge in [-0.1, -0.05) is 72.5 Å². The number of aliphatic hydroxyl groups excluding tert-OH is 2. The van der Waals surface area contributed by atoms with Crippen LogP contribution in [0.5, 0.6) is 0 Å². The lowest BCUT2D eigenvalue weighted by Crippen LogP contribution is -2.04. The normalized spacial score (nSPS) is 15.2. The van der Waals surface area contributed by atoms with Crippen LogP contribution in [0.25, 0.3) is 10.0 Å². The van der Waals surface area contributed by atoms with Crippen molar-refractivity contribution in [3.8, 4) is 34.2 Å². The van der Waals surface area contributed by atoms with Gasteiger partial charge in [-0.15, -0.1) is 55.4 Å². The highest BCUT2D eigenvalue weighted by molar-refractivity contribution is 9.11. The monoisotopic (exact) mass is 838 g/mol. The Morgan fingerprint density at radius 2 is 1.24 bits per heavy atom. The second-order valence-electron chi connectivity index (χ2n) is 12.9. The Morgan fingerprint density at radius 3 is 1.73 bits per heavy atom. The molecule has 2 aliphatic rings. The molecule has 0 amide bonds. The Labute approximate surface area is 338 Å². The van der Waals surface area contributed by atoms with Gasteiger partial charge in [-0.3, -0.25) is 9.13 Å². The van der Waals surface area contributed by atoms with E-state index in [2.05, 4.69) is 112 Å². The number of aryl methyl sites for hydroxylation is 2. The van der Waals surface area contributed by atoms with Crippen LogP contribution in [0.2, 0.25) is 0 Å². The van der Waals surface area contributed by atoms with Crippen molar-refractivity contribution in [3.05, 3.63) is 126 Å². The van der Waals surface area contributed by atoms with Gasteiger partial charge in [0.1, 0.15) is 33.9 Å². The summed E-state index contributed by atoms with van der Waals surface area (Å²) in [6.07, 6.45) is 7.19. The molecule has 2 N–H and O–H groups in total. The van der Waals surface area contributed by atoms with Gasteiger partial charge >= 0.3 is 0 Å².